The molecule has 6 nitrogen and oxygen atoms in total. The second-order valence-corrected chi connectivity index (χ2v) is 5.66. The number of nitrogens with one attached hydrogen (secondary N) is 2. The van der Waals surface area contributed by atoms with Gasteiger partial charge in [-0.2, -0.15) is 0 Å². The Bertz CT molecular complexity index is 1080. The van der Waals surface area contributed by atoms with Gasteiger partial charge in [0.1, 0.15) is 0 Å². The molecule has 24 heavy (non-hydrogen) atoms. The Labute approximate surface area is 137 Å². The molecule has 0 spiro atoms. The predicted molar refractivity (Wildman–Crippen MR) is 95.8 cm³/mol. The van der Waals surface area contributed by atoms with Crippen LogP contribution in [0.2, 0.25) is 0 Å². The fourth-order valence-electron chi connectivity index (χ4n) is 3.06. The van der Waals surface area contributed by atoms with Crippen LogP contribution in [0.15, 0.2) is 59.5 Å². The van der Waals surface area contributed by atoms with Gasteiger partial charge in [0.15, 0.2) is 0 Å². The van der Waals surface area contributed by atoms with E-state index in [4.69, 9.17) is 5.84 Å². The highest BCUT2D eigenvalue weighted by Crippen LogP contribution is 2.19. The molecule has 0 radical (unpaired) electrons. The van der Waals surface area contributed by atoms with Crippen molar-refractivity contribution in [1.82, 2.24) is 14.5 Å². The van der Waals surface area contributed by atoms with Crippen LogP contribution in [0.1, 0.15) is 5.56 Å². The van der Waals surface area contributed by atoms with Gasteiger partial charge in [-0.25, -0.2) is 10.8 Å². The van der Waals surface area contributed by atoms with Crippen molar-refractivity contribution >= 4 is 27.8 Å². The van der Waals surface area contributed by atoms with Gasteiger partial charge in [-0.05, 0) is 30.2 Å². The number of fused-ring (bicyclic) bond motifs is 2. The average Bonchev–Trinajstić information content (AvgIpc) is 3.04. The number of aromatic nitrogens is 3. The first-order valence-electron chi connectivity index (χ1n) is 7.79. The highest BCUT2D eigenvalue weighted by atomic mass is 16.1. The third-order valence-corrected chi connectivity index (χ3v) is 4.27. The molecule has 0 amide bonds. The number of nitrogens with two attached hydrogens (primary N) is 1. The molecule has 0 saturated heterocycles. The molecular formula is C18H17N5O. The fraction of sp³-hybridized carbons (Fsp3) is 0.111. The first kappa shape index (κ1) is 14.5. The van der Waals surface area contributed by atoms with Crippen molar-refractivity contribution in [3.63, 3.8) is 0 Å². The Morgan fingerprint density at radius 3 is 2.67 bits per heavy atom. The van der Waals surface area contributed by atoms with E-state index >= 15 is 0 Å². The van der Waals surface area contributed by atoms with E-state index in [9.17, 15) is 4.79 Å². The Morgan fingerprint density at radius 1 is 1.08 bits per heavy atom. The number of para-hydroxylation sites is 2. The molecule has 4 N–H and O–H groups in total. The summed E-state index contributed by atoms with van der Waals surface area (Å²) in [6.45, 7) is 0.498. The summed E-state index contributed by atoms with van der Waals surface area (Å²) in [6.07, 6.45) is 2.69. The first-order chi connectivity index (χ1) is 11.8. The average molecular weight is 319 g/mol. The van der Waals surface area contributed by atoms with Gasteiger partial charge >= 0.3 is 0 Å². The second kappa shape index (κ2) is 5.82. The molecule has 0 saturated carbocycles. The number of aromatic amines is 1. The van der Waals surface area contributed by atoms with E-state index in [1.54, 1.807) is 10.6 Å². The van der Waals surface area contributed by atoms with E-state index in [1.807, 2.05) is 42.6 Å². The van der Waals surface area contributed by atoms with E-state index in [2.05, 4.69) is 21.5 Å². The van der Waals surface area contributed by atoms with Crippen LogP contribution in [-0.2, 0) is 13.0 Å². The number of nitrogens with zero attached hydrogens (tertiary/aromatic N) is 2. The lowest BCUT2D eigenvalue weighted by molar-refractivity contribution is 0.671. The zero-order valence-electron chi connectivity index (χ0n) is 13.0. The molecule has 0 aliphatic heterocycles. The molecule has 6 heteroatoms. The summed E-state index contributed by atoms with van der Waals surface area (Å²) in [6, 6.07) is 15.4. The maximum absolute atomic E-state index is 12.8. The molecule has 120 valence electrons. The topological polar surface area (TPSA) is 88.7 Å². The molecule has 0 bridgehead atoms. The quantitative estimate of drug-likeness (QED) is 0.398. The second-order valence-electron chi connectivity index (χ2n) is 5.66. The molecule has 4 aromatic rings. The van der Waals surface area contributed by atoms with Crippen molar-refractivity contribution in [3.05, 3.63) is 70.6 Å². The zero-order valence-corrected chi connectivity index (χ0v) is 13.0. The monoisotopic (exact) mass is 319 g/mol. The molecule has 0 unspecified atom stereocenters. The molecule has 0 atom stereocenters. The van der Waals surface area contributed by atoms with Crippen molar-refractivity contribution in [3.8, 4) is 0 Å². The summed E-state index contributed by atoms with van der Waals surface area (Å²) in [5.41, 5.74) is 5.34. The summed E-state index contributed by atoms with van der Waals surface area (Å²) in [5.74, 6) is 5.95. The number of hydrogen-bond acceptors (Lipinski definition) is 4. The van der Waals surface area contributed by atoms with Gasteiger partial charge in [0.05, 0.1) is 10.9 Å². The van der Waals surface area contributed by atoms with Crippen LogP contribution in [0.5, 0.6) is 0 Å². The minimum atomic E-state index is -0.0895. The van der Waals surface area contributed by atoms with Crippen LogP contribution >= 0.6 is 0 Å². The molecule has 2 aromatic carbocycles. The minimum absolute atomic E-state index is 0.0895. The number of aryl methyl sites for hydroxylation is 1. The lowest BCUT2D eigenvalue weighted by Crippen LogP contribution is -2.27. The summed E-state index contributed by atoms with van der Waals surface area (Å²) in [7, 11) is 0. The van der Waals surface area contributed by atoms with E-state index in [1.165, 1.54) is 5.39 Å². The molecule has 2 aromatic heterocycles. The maximum Gasteiger partial charge on any atom is 0.262 e. The maximum atomic E-state index is 12.8. The Morgan fingerprint density at radius 2 is 1.83 bits per heavy atom. The van der Waals surface area contributed by atoms with Crippen molar-refractivity contribution < 1.29 is 0 Å². The van der Waals surface area contributed by atoms with Gasteiger partial charge in [-0.15, -0.1) is 0 Å². The number of nitrogen functional groups attached to an aromatic ring is 1. The van der Waals surface area contributed by atoms with Gasteiger partial charge in [-0.3, -0.25) is 14.8 Å². The standard InChI is InChI=1S/C18H17N5O/c19-22-18-21-16-8-4-2-6-14(16)17(24)23(18)10-9-12-11-20-15-7-3-1-5-13(12)15/h1-8,11,20H,9-10,19H2,(H,21,22). The van der Waals surface area contributed by atoms with Crippen LogP contribution < -0.4 is 16.8 Å². The Kier molecular flexibility index (Phi) is 3.51. The Balaban J connectivity index is 1.74. The number of benzene rings is 2. The molecule has 0 fully saturated rings. The van der Waals surface area contributed by atoms with Gasteiger partial charge in [0.25, 0.3) is 5.56 Å². The third kappa shape index (κ3) is 2.33. The molecule has 0 aliphatic rings. The highest BCUT2D eigenvalue weighted by Gasteiger charge is 2.11. The zero-order chi connectivity index (χ0) is 16.5. The van der Waals surface area contributed by atoms with Crippen LogP contribution in [0.25, 0.3) is 21.8 Å². The van der Waals surface area contributed by atoms with Crippen molar-refractivity contribution in [2.24, 2.45) is 5.84 Å². The smallest absolute Gasteiger partial charge is 0.262 e. The van der Waals surface area contributed by atoms with Crippen LogP contribution in [0.3, 0.4) is 0 Å². The van der Waals surface area contributed by atoms with Crippen LogP contribution in [-0.4, -0.2) is 14.5 Å². The molecular weight excluding hydrogens is 302 g/mol. The van der Waals surface area contributed by atoms with Gasteiger partial charge in [-0.1, -0.05) is 30.3 Å². The van der Waals surface area contributed by atoms with E-state index in [-0.39, 0.29) is 5.56 Å². The molecule has 0 aliphatic carbocycles. The Hall–Kier alpha value is -3.12. The lowest BCUT2D eigenvalue weighted by atomic mass is 10.1. The first-order valence-corrected chi connectivity index (χ1v) is 7.79. The van der Waals surface area contributed by atoms with Gasteiger partial charge in [0, 0.05) is 23.6 Å². The molecule has 2 heterocycles. The normalized spacial score (nSPS) is 11.2. The van der Waals surface area contributed by atoms with E-state index < -0.39 is 0 Å². The van der Waals surface area contributed by atoms with E-state index in [0.717, 1.165) is 11.1 Å². The van der Waals surface area contributed by atoms with Gasteiger partial charge in [0.2, 0.25) is 5.95 Å². The van der Waals surface area contributed by atoms with Crippen LogP contribution in [0, 0.1) is 0 Å². The lowest BCUT2D eigenvalue weighted by Gasteiger charge is -2.12. The largest absolute Gasteiger partial charge is 0.361 e. The number of anilines is 1. The van der Waals surface area contributed by atoms with E-state index in [0.29, 0.717) is 29.8 Å². The summed E-state index contributed by atoms with van der Waals surface area (Å²) < 4.78 is 1.59. The predicted octanol–water partition coefficient (Wildman–Crippen LogP) is 2.41. The van der Waals surface area contributed by atoms with Crippen molar-refractivity contribution in [2.75, 3.05) is 5.43 Å². The number of rotatable bonds is 4. The van der Waals surface area contributed by atoms with Crippen LogP contribution in [0.4, 0.5) is 5.95 Å². The third-order valence-electron chi connectivity index (χ3n) is 4.27. The minimum Gasteiger partial charge on any atom is -0.361 e. The number of H-pyrrole nitrogens is 1. The SMILES string of the molecule is NNc1nc2ccccc2c(=O)n1CCc1c[nH]c2ccccc12. The molecule has 4 rings (SSSR count). The van der Waals surface area contributed by atoms with Gasteiger partial charge < -0.3 is 4.98 Å². The number of hydrogen-bond donors (Lipinski definition) is 3. The highest BCUT2D eigenvalue weighted by molar-refractivity contribution is 5.83. The van der Waals surface area contributed by atoms with Crippen molar-refractivity contribution in [1.29, 1.82) is 0 Å². The summed E-state index contributed by atoms with van der Waals surface area (Å²) in [5, 5.41) is 1.76. The summed E-state index contributed by atoms with van der Waals surface area (Å²) >= 11 is 0. The summed E-state index contributed by atoms with van der Waals surface area (Å²) in [4.78, 5) is 20.4. The fourth-order valence-corrected chi connectivity index (χ4v) is 3.06. The van der Waals surface area contributed by atoms with Crippen molar-refractivity contribution in [2.45, 2.75) is 13.0 Å². The number of hydrazine groups is 1.